The van der Waals surface area contributed by atoms with Crippen molar-refractivity contribution in [2.45, 2.75) is 4.90 Å². The molecule has 9 heteroatoms. The molecular formula is C15H13ClFNO5S. The third-order valence-corrected chi connectivity index (χ3v) is 4.72. The Kier molecular flexibility index (Phi) is 5.30. The molecule has 0 saturated carbocycles. The maximum atomic E-state index is 13.2. The number of esters is 1. The standard InChI is InChI=1S/C15H13ClFNO5S/c1-22-14-6-3-9(15(19)23-2)7-13(14)18-24(20,21)10-4-5-12(17)11(16)8-10/h3-8,18H,1-2H3. The second kappa shape index (κ2) is 7.06. The number of ether oxygens (including phenoxy) is 2. The van der Waals surface area contributed by atoms with Gasteiger partial charge in [-0.2, -0.15) is 0 Å². The van der Waals surface area contributed by atoms with Crippen LogP contribution in [0.5, 0.6) is 5.75 Å². The molecule has 0 saturated heterocycles. The number of carbonyl (C=O) groups excluding carboxylic acids is 1. The Morgan fingerprint density at radius 3 is 2.46 bits per heavy atom. The van der Waals surface area contributed by atoms with Gasteiger partial charge in [0.15, 0.2) is 0 Å². The van der Waals surface area contributed by atoms with Gasteiger partial charge in [-0.15, -0.1) is 0 Å². The summed E-state index contributed by atoms with van der Waals surface area (Å²) in [6.45, 7) is 0. The van der Waals surface area contributed by atoms with Gasteiger partial charge in [0.1, 0.15) is 11.6 Å². The first kappa shape index (κ1) is 18.0. The van der Waals surface area contributed by atoms with Crippen molar-refractivity contribution in [3.05, 3.63) is 52.8 Å². The van der Waals surface area contributed by atoms with Crippen molar-refractivity contribution in [3.63, 3.8) is 0 Å². The van der Waals surface area contributed by atoms with Crippen LogP contribution in [0.1, 0.15) is 10.4 Å². The van der Waals surface area contributed by atoms with Crippen molar-refractivity contribution in [3.8, 4) is 5.75 Å². The predicted molar refractivity (Wildman–Crippen MR) is 86.6 cm³/mol. The number of methoxy groups -OCH3 is 2. The third kappa shape index (κ3) is 3.77. The zero-order valence-corrected chi connectivity index (χ0v) is 14.2. The molecule has 0 unspecified atom stereocenters. The summed E-state index contributed by atoms with van der Waals surface area (Å²) in [7, 11) is -1.52. The topological polar surface area (TPSA) is 81.7 Å². The van der Waals surface area contributed by atoms with E-state index in [1.165, 1.54) is 32.4 Å². The molecule has 0 heterocycles. The zero-order valence-electron chi connectivity index (χ0n) is 12.7. The maximum Gasteiger partial charge on any atom is 0.337 e. The van der Waals surface area contributed by atoms with Gasteiger partial charge in [-0.05, 0) is 36.4 Å². The maximum absolute atomic E-state index is 13.2. The Bertz CT molecular complexity index is 885. The smallest absolute Gasteiger partial charge is 0.337 e. The van der Waals surface area contributed by atoms with E-state index < -0.39 is 21.8 Å². The monoisotopic (exact) mass is 373 g/mol. The molecular weight excluding hydrogens is 361 g/mol. The van der Waals surface area contributed by atoms with E-state index >= 15 is 0 Å². The van der Waals surface area contributed by atoms with E-state index in [1.54, 1.807) is 0 Å². The Morgan fingerprint density at radius 2 is 1.88 bits per heavy atom. The van der Waals surface area contributed by atoms with Crippen molar-refractivity contribution in [1.82, 2.24) is 0 Å². The lowest BCUT2D eigenvalue weighted by molar-refractivity contribution is 0.0600. The average molecular weight is 374 g/mol. The van der Waals surface area contributed by atoms with Gasteiger partial charge in [0.05, 0.1) is 35.4 Å². The summed E-state index contributed by atoms with van der Waals surface area (Å²) in [5, 5.41) is -0.326. The zero-order chi connectivity index (χ0) is 17.9. The molecule has 0 aliphatic carbocycles. The molecule has 0 aliphatic heterocycles. The Labute approximate surface area is 143 Å². The molecule has 0 bridgehead atoms. The molecule has 6 nitrogen and oxygen atoms in total. The highest BCUT2D eigenvalue weighted by Crippen LogP contribution is 2.29. The van der Waals surface area contributed by atoms with E-state index in [1.807, 2.05) is 0 Å². The predicted octanol–water partition coefficient (Wildman–Crippen LogP) is 3.08. The number of benzene rings is 2. The van der Waals surface area contributed by atoms with E-state index in [2.05, 4.69) is 9.46 Å². The molecule has 2 aromatic carbocycles. The summed E-state index contributed by atoms with van der Waals surface area (Å²) in [6.07, 6.45) is 0. The number of halogens is 2. The van der Waals surface area contributed by atoms with Crippen LogP contribution in [-0.2, 0) is 14.8 Å². The SMILES string of the molecule is COC(=O)c1ccc(OC)c(NS(=O)(=O)c2ccc(F)c(Cl)c2)c1. The van der Waals surface area contributed by atoms with Crippen LogP contribution in [-0.4, -0.2) is 28.6 Å². The molecule has 1 N–H and O–H groups in total. The molecule has 0 radical (unpaired) electrons. The Morgan fingerprint density at radius 1 is 1.17 bits per heavy atom. The highest BCUT2D eigenvalue weighted by molar-refractivity contribution is 7.92. The number of sulfonamides is 1. The minimum absolute atomic E-state index is 0.0286. The van der Waals surface area contributed by atoms with E-state index in [0.29, 0.717) is 0 Å². The van der Waals surface area contributed by atoms with Crippen LogP contribution in [0.15, 0.2) is 41.3 Å². The van der Waals surface area contributed by atoms with Gasteiger partial charge in [0, 0.05) is 0 Å². The van der Waals surface area contributed by atoms with Crippen molar-refractivity contribution >= 4 is 33.3 Å². The van der Waals surface area contributed by atoms with Gasteiger partial charge in [-0.1, -0.05) is 11.6 Å². The van der Waals surface area contributed by atoms with E-state index in [9.17, 15) is 17.6 Å². The number of rotatable bonds is 5. The van der Waals surface area contributed by atoms with Crippen LogP contribution < -0.4 is 9.46 Å². The number of nitrogens with one attached hydrogen (secondary N) is 1. The molecule has 2 aromatic rings. The fourth-order valence-corrected chi connectivity index (χ4v) is 3.21. The first-order valence-electron chi connectivity index (χ1n) is 6.52. The lowest BCUT2D eigenvalue weighted by Gasteiger charge is -2.13. The lowest BCUT2D eigenvalue weighted by Crippen LogP contribution is -2.14. The number of hydrogen-bond donors (Lipinski definition) is 1. The largest absolute Gasteiger partial charge is 0.495 e. The molecule has 128 valence electrons. The molecule has 24 heavy (non-hydrogen) atoms. The Balaban J connectivity index is 2.44. The summed E-state index contributed by atoms with van der Waals surface area (Å²) < 4.78 is 50.0. The molecule has 0 aromatic heterocycles. The highest BCUT2D eigenvalue weighted by Gasteiger charge is 2.19. The van der Waals surface area contributed by atoms with Gasteiger partial charge in [0.2, 0.25) is 0 Å². The van der Waals surface area contributed by atoms with Crippen molar-refractivity contribution in [1.29, 1.82) is 0 Å². The molecule has 0 aliphatic rings. The summed E-state index contributed by atoms with van der Waals surface area (Å²) in [5.74, 6) is -1.18. The van der Waals surface area contributed by atoms with E-state index in [4.69, 9.17) is 16.3 Å². The van der Waals surface area contributed by atoms with Crippen molar-refractivity contribution in [2.75, 3.05) is 18.9 Å². The van der Waals surface area contributed by atoms with Crippen molar-refractivity contribution < 1.29 is 27.1 Å². The first-order valence-corrected chi connectivity index (χ1v) is 8.39. The minimum atomic E-state index is -4.07. The van der Waals surface area contributed by atoms with Gasteiger partial charge < -0.3 is 9.47 Å². The van der Waals surface area contributed by atoms with Gasteiger partial charge >= 0.3 is 5.97 Å². The van der Waals surface area contributed by atoms with Crippen LogP contribution in [0.4, 0.5) is 10.1 Å². The lowest BCUT2D eigenvalue weighted by atomic mass is 10.2. The van der Waals surface area contributed by atoms with Crippen LogP contribution in [0.25, 0.3) is 0 Å². The average Bonchev–Trinajstić information content (AvgIpc) is 2.56. The number of anilines is 1. The van der Waals surface area contributed by atoms with Crippen LogP contribution in [0, 0.1) is 5.82 Å². The summed E-state index contributed by atoms with van der Waals surface area (Å²) in [6, 6.07) is 7.11. The van der Waals surface area contributed by atoms with Gasteiger partial charge in [0.25, 0.3) is 10.0 Å². The molecule has 0 spiro atoms. The van der Waals surface area contributed by atoms with Gasteiger partial charge in [-0.3, -0.25) is 4.72 Å². The minimum Gasteiger partial charge on any atom is -0.495 e. The normalized spacial score (nSPS) is 11.0. The Hall–Kier alpha value is -2.32. The fraction of sp³-hybridized carbons (Fsp3) is 0.133. The van der Waals surface area contributed by atoms with Crippen LogP contribution in [0.3, 0.4) is 0 Å². The van der Waals surface area contributed by atoms with Gasteiger partial charge in [-0.25, -0.2) is 17.6 Å². The quantitative estimate of drug-likeness (QED) is 0.814. The molecule has 0 amide bonds. The van der Waals surface area contributed by atoms with E-state index in [0.717, 1.165) is 18.2 Å². The number of carbonyl (C=O) groups is 1. The molecule has 0 fully saturated rings. The third-order valence-electron chi connectivity index (χ3n) is 3.07. The second-order valence-electron chi connectivity index (χ2n) is 4.59. The van der Waals surface area contributed by atoms with Crippen LogP contribution >= 0.6 is 11.6 Å². The molecule has 2 rings (SSSR count). The summed E-state index contributed by atoms with van der Waals surface area (Å²) >= 11 is 5.61. The summed E-state index contributed by atoms with van der Waals surface area (Å²) in [5.41, 5.74) is 0.161. The van der Waals surface area contributed by atoms with Crippen molar-refractivity contribution in [2.24, 2.45) is 0 Å². The number of hydrogen-bond acceptors (Lipinski definition) is 5. The fourth-order valence-electron chi connectivity index (χ4n) is 1.88. The molecule has 0 atom stereocenters. The van der Waals surface area contributed by atoms with Crippen LogP contribution in [0.2, 0.25) is 5.02 Å². The highest BCUT2D eigenvalue weighted by atomic mass is 35.5. The second-order valence-corrected chi connectivity index (χ2v) is 6.68. The first-order chi connectivity index (χ1) is 11.3. The summed E-state index contributed by atoms with van der Waals surface area (Å²) in [4.78, 5) is 11.3. The van der Waals surface area contributed by atoms with E-state index in [-0.39, 0.29) is 26.9 Å².